The minimum Gasteiger partial charge on any atom is -0.454 e. The molecule has 3 heterocycles. The molecule has 0 spiro atoms. The van der Waals surface area contributed by atoms with E-state index >= 15 is 0 Å². The summed E-state index contributed by atoms with van der Waals surface area (Å²) in [6.07, 6.45) is 0. The summed E-state index contributed by atoms with van der Waals surface area (Å²) < 4.78 is 25.4. The number of rotatable bonds is 6. The molecule has 0 saturated carbocycles. The van der Waals surface area contributed by atoms with Crippen LogP contribution in [-0.2, 0) is 27.1 Å². The van der Waals surface area contributed by atoms with Crippen LogP contribution in [-0.4, -0.2) is 6.71 Å². The standard InChI is InChI=1S/C74H76BN3O/c1-70(2,3)49-25-34-54(35-26-49)76(55-36-27-50(28-37-55)71(4,5)6)62-46-60-68(69-66(62)58-23-19-20-24-65(58)79-69)78(57-40-31-52(32-41-57)73(10,11)12)64-44-48(47-21-17-16-18-22-47)43-63-67(64)75(60)59-45-53(74(13,14)15)33-42-61(59)77(63)56-38-29-51(30-39-56)72(7,8)9/h16-46H,1-15H3/i17D,18D. The number of para-hydroxylation sites is 1. The molecule has 396 valence electrons. The molecule has 1 aromatic heterocycles. The minimum absolute atomic E-state index is 0.0344. The van der Waals surface area contributed by atoms with Crippen LogP contribution >= 0.6 is 0 Å². The summed E-state index contributed by atoms with van der Waals surface area (Å²) >= 11 is 0. The molecule has 0 bridgehead atoms. The second kappa shape index (κ2) is 18.4. The molecule has 0 atom stereocenters. The normalized spacial score (nSPS) is 14.0. The van der Waals surface area contributed by atoms with Crippen molar-refractivity contribution in [2.75, 3.05) is 14.7 Å². The highest BCUT2D eigenvalue weighted by Crippen LogP contribution is 2.53. The molecule has 0 amide bonds. The first-order chi connectivity index (χ1) is 38.1. The summed E-state index contributed by atoms with van der Waals surface area (Å²) in [6.45, 7) is 34.0. The first-order valence-electron chi connectivity index (χ1n) is 29.4. The SMILES string of the molecule is [2H]c1cc([2H])cc(-c2cc3c4c(c2)N(c2ccc(C(C)(C)C)cc2)c2c(cc(N(c5ccc(C(C)(C)C)cc5)c5ccc(C(C)(C)C)cc5)c5c2oc2ccccc25)B4c2cc(C(C)(C)C)ccc2N3c2ccc(C(C)(C)C)cc2)c1. The third-order valence-corrected chi connectivity index (χ3v) is 16.7. The third kappa shape index (κ3) is 9.04. The van der Waals surface area contributed by atoms with Gasteiger partial charge in [0, 0.05) is 45.2 Å². The monoisotopic (exact) mass is 1040 g/mol. The van der Waals surface area contributed by atoms with Crippen molar-refractivity contribution in [1.82, 2.24) is 0 Å². The molecule has 0 N–H and O–H groups in total. The van der Waals surface area contributed by atoms with Crippen molar-refractivity contribution in [1.29, 1.82) is 0 Å². The van der Waals surface area contributed by atoms with Gasteiger partial charge < -0.3 is 19.1 Å². The first-order valence-corrected chi connectivity index (χ1v) is 28.4. The van der Waals surface area contributed by atoms with E-state index in [0.717, 1.165) is 89.7 Å². The van der Waals surface area contributed by atoms with Gasteiger partial charge >= 0.3 is 0 Å². The van der Waals surface area contributed by atoms with Crippen LogP contribution in [0.3, 0.4) is 0 Å². The molecule has 5 heteroatoms. The number of hydrogen-bond acceptors (Lipinski definition) is 4. The second-order valence-electron chi connectivity index (χ2n) is 27.4. The second-order valence-corrected chi connectivity index (χ2v) is 27.4. The molecule has 12 rings (SSSR count). The molecule has 2 aliphatic rings. The predicted octanol–water partition coefficient (Wildman–Crippen LogP) is 19.3. The Bertz CT molecular complexity index is 4010. The smallest absolute Gasteiger partial charge is 0.252 e. The van der Waals surface area contributed by atoms with Gasteiger partial charge in [0.05, 0.1) is 19.5 Å². The Labute approximate surface area is 473 Å². The van der Waals surface area contributed by atoms with Crippen molar-refractivity contribution in [2.45, 2.75) is 131 Å². The fraction of sp³-hybridized carbons (Fsp3) is 0.270. The molecule has 2 aliphatic heterocycles. The van der Waals surface area contributed by atoms with Crippen LogP contribution in [0.5, 0.6) is 0 Å². The Kier molecular flexibility index (Phi) is 11.5. The topological polar surface area (TPSA) is 22.9 Å². The van der Waals surface area contributed by atoms with Crippen LogP contribution in [0.25, 0.3) is 33.1 Å². The number of hydrogen-bond donors (Lipinski definition) is 0. The molecule has 10 aromatic rings. The lowest BCUT2D eigenvalue weighted by Gasteiger charge is -2.45. The minimum atomic E-state index is -0.273. The maximum Gasteiger partial charge on any atom is 0.252 e. The van der Waals surface area contributed by atoms with Crippen LogP contribution in [0.15, 0.2) is 192 Å². The van der Waals surface area contributed by atoms with E-state index in [1.54, 1.807) is 6.07 Å². The van der Waals surface area contributed by atoms with E-state index < -0.39 is 0 Å². The lowest BCUT2D eigenvalue weighted by atomic mass is 9.33. The Morgan fingerprint density at radius 3 is 1.38 bits per heavy atom. The summed E-state index contributed by atoms with van der Waals surface area (Å²) in [6, 6.07) is 65.6. The average Bonchev–Trinajstić information content (AvgIpc) is 3.72. The quantitative estimate of drug-likeness (QED) is 0.155. The molecule has 0 radical (unpaired) electrons. The van der Waals surface area contributed by atoms with Gasteiger partial charge in [0.2, 0.25) is 0 Å². The zero-order valence-electron chi connectivity index (χ0n) is 51.1. The van der Waals surface area contributed by atoms with Crippen LogP contribution in [0.1, 0.15) is 134 Å². The fourth-order valence-corrected chi connectivity index (χ4v) is 12.1. The Hall–Kier alpha value is -7.76. The molecule has 0 fully saturated rings. The summed E-state index contributed by atoms with van der Waals surface area (Å²) in [5.74, 6) is 0. The van der Waals surface area contributed by atoms with E-state index in [9.17, 15) is 0 Å². The lowest BCUT2D eigenvalue weighted by Crippen LogP contribution is -2.61. The summed E-state index contributed by atoms with van der Waals surface area (Å²) in [4.78, 5) is 7.42. The largest absolute Gasteiger partial charge is 0.454 e. The van der Waals surface area contributed by atoms with Crippen molar-refractivity contribution in [3.05, 3.63) is 216 Å². The number of nitrogens with zero attached hydrogens (tertiary/aromatic N) is 3. The number of anilines is 9. The lowest BCUT2D eigenvalue weighted by molar-refractivity contribution is 0.590. The highest BCUT2D eigenvalue weighted by molar-refractivity contribution is 7.00. The molecule has 4 nitrogen and oxygen atoms in total. The van der Waals surface area contributed by atoms with Gasteiger partial charge in [-0.15, -0.1) is 0 Å². The van der Waals surface area contributed by atoms with Gasteiger partial charge in [0.25, 0.3) is 6.71 Å². The van der Waals surface area contributed by atoms with Crippen molar-refractivity contribution in [3.63, 3.8) is 0 Å². The fourth-order valence-electron chi connectivity index (χ4n) is 12.1. The average molecular weight is 1040 g/mol. The van der Waals surface area contributed by atoms with E-state index in [4.69, 9.17) is 7.16 Å². The molecule has 9 aromatic carbocycles. The van der Waals surface area contributed by atoms with E-state index in [1.165, 1.54) is 38.7 Å². The van der Waals surface area contributed by atoms with E-state index in [0.29, 0.717) is 12.1 Å². The van der Waals surface area contributed by atoms with Gasteiger partial charge in [0.1, 0.15) is 5.58 Å². The molecule has 0 saturated heterocycles. The van der Waals surface area contributed by atoms with Crippen molar-refractivity contribution >= 4 is 96.2 Å². The van der Waals surface area contributed by atoms with Crippen molar-refractivity contribution in [3.8, 4) is 11.1 Å². The van der Waals surface area contributed by atoms with Crippen LogP contribution in [0.2, 0.25) is 0 Å². The van der Waals surface area contributed by atoms with Gasteiger partial charge in [0.15, 0.2) is 5.58 Å². The van der Waals surface area contributed by atoms with E-state index in [-0.39, 0.29) is 33.8 Å². The predicted molar refractivity (Wildman–Crippen MR) is 341 cm³/mol. The maximum absolute atomic E-state index is 8.95. The Balaban J connectivity index is 1.26. The van der Waals surface area contributed by atoms with Crippen LogP contribution in [0, 0.1) is 0 Å². The molecule has 0 unspecified atom stereocenters. The van der Waals surface area contributed by atoms with Gasteiger partial charge in [-0.1, -0.05) is 213 Å². The van der Waals surface area contributed by atoms with Crippen molar-refractivity contribution in [2.24, 2.45) is 0 Å². The van der Waals surface area contributed by atoms with Crippen LogP contribution < -0.4 is 31.1 Å². The van der Waals surface area contributed by atoms with Crippen LogP contribution in [0.4, 0.5) is 51.2 Å². The summed E-state index contributed by atoms with van der Waals surface area (Å²) in [7, 11) is 0. The molecular formula is C74H76BN3O. The number of benzene rings is 9. The highest BCUT2D eigenvalue weighted by Gasteiger charge is 2.46. The first kappa shape index (κ1) is 49.5. The zero-order valence-corrected chi connectivity index (χ0v) is 49.1. The highest BCUT2D eigenvalue weighted by atomic mass is 16.3. The Morgan fingerprint density at radius 1 is 0.418 bits per heavy atom. The van der Waals surface area contributed by atoms with E-state index in [1.807, 2.05) is 12.1 Å². The Morgan fingerprint density at radius 2 is 0.873 bits per heavy atom. The summed E-state index contributed by atoms with van der Waals surface area (Å²) in [5, 5.41) is 2.07. The molecule has 79 heavy (non-hydrogen) atoms. The van der Waals surface area contributed by atoms with Gasteiger partial charge in [-0.3, -0.25) is 0 Å². The third-order valence-electron chi connectivity index (χ3n) is 16.7. The van der Waals surface area contributed by atoms with E-state index in [2.05, 4.69) is 276 Å². The van der Waals surface area contributed by atoms with Gasteiger partial charge in [-0.05, 0) is 161 Å². The van der Waals surface area contributed by atoms with Crippen molar-refractivity contribution < 1.29 is 7.16 Å². The van der Waals surface area contributed by atoms with Gasteiger partial charge in [-0.2, -0.15) is 0 Å². The maximum atomic E-state index is 8.95. The number of furan rings is 1. The number of fused-ring (bicyclic) bond motifs is 8. The molecule has 0 aliphatic carbocycles. The van der Waals surface area contributed by atoms with Gasteiger partial charge in [-0.25, -0.2) is 0 Å². The summed E-state index contributed by atoms with van der Waals surface area (Å²) in [5.41, 5.74) is 22.3. The zero-order chi connectivity index (χ0) is 57.5. The molecular weight excluding hydrogens is 958 g/mol.